The first-order valence-corrected chi connectivity index (χ1v) is 7.16. The SMILES string of the molecule is ClCc1cc(-n2nnc3ccccc32)nc2ccccc12. The fraction of sp³-hybridized carbons (Fsp3) is 0.0625. The predicted octanol–water partition coefficient (Wildman–Crippen LogP) is 3.71. The number of hydrogen-bond donors (Lipinski definition) is 0. The monoisotopic (exact) mass is 294 g/mol. The summed E-state index contributed by atoms with van der Waals surface area (Å²) in [5.41, 5.74) is 3.72. The molecule has 0 aliphatic carbocycles. The molecular weight excluding hydrogens is 284 g/mol. The van der Waals surface area contributed by atoms with E-state index in [0.29, 0.717) is 5.88 Å². The summed E-state index contributed by atoms with van der Waals surface area (Å²) in [7, 11) is 0. The van der Waals surface area contributed by atoms with Crippen LogP contribution in [0, 0.1) is 0 Å². The summed E-state index contributed by atoms with van der Waals surface area (Å²) in [6.45, 7) is 0. The number of para-hydroxylation sites is 2. The molecule has 2 aromatic heterocycles. The van der Waals surface area contributed by atoms with Crippen LogP contribution in [-0.4, -0.2) is 20.0 Å². The second-order valence-electron chi connectivity index (χ2n) is 4.78. The van der Waals surface area contributed by atoms with E-state index in [1.165, 1.54) is 0 Å². The van der Waals surface area contributed by atoms with E-state index in [0.717, 1.165) is 33.3 Å². The summed E-state index contributed by atoms with van der Waals surface area (Å²) >= 11 is 6.08. The van der Waals surface area contributed by atoms with Crippen LogP contribution in [0.15, 0.2) is 54.6 Å². The first kappa shape index (κ1) is 12.3. The number of alkyl halides is 1. The molecule has 0 aliphatic heterocycles. The second-order valence-corrected chi connectivity index (χ2v) is 5.05. The third-order valence-electron chi connectivity index (χ3n) is 3.50. The van der Waals surface area contributed by atoms with Gasteiger partial charge < -0.3 is 0 Å². The maximum absolute atomic E-state index is 6.08. The van der Waals surface area contributed by atoms with Gasteiger partial charge in [-0.05, 0) is 29.8 Å². The van der Waals surface area contributed by atoms with Crippen molar-refractivity contribution in [2.24, 2.45) is 0 Å². The minimum atomic E-state index is 0.433. The lowest BCUT2D eigenvalue weighted by Gasteiger charge is -2.07. The van der Waals surface area contributed by atoms with Crippen molar-refractivity contribution >= 4 is 33.5 Å². The highest BCUT2D eigenvalue weighted by molar-refractivity contribution is 6.18. The van der Waals surface area contributed by atoms with Crippen LogP contribution in [0.1, 0.15) is 5.56 Å². The molecule has 21 heavy (non-hydrogen) atoms. The Morgan fingerprint density at radius 3 is 2.57 bits per heavy atom. The number of aromatic nitrogens is 4. The van der Waals surface area contributed by atoms with E-state index in [1.54, 1.807) is 4.68 Å². The first-order chi connectivity index (χ1) is 10.4. The Kier molecular flexibility index (Phi) is 2.82. The minimum Gasteiger partial charge on any atom is -0.229 e. The average molecular weight is 295 g/mol. The van der Waals surface area contributed by atoms with Crippen LogP contribution in [-0.2, 0) is 5.88 Å². The molecule has 0 N–H and O–H groups in total. The van der Waals surface area contributed by atoms with Gasteiger partial charge in [0.1, 0.15) is 5.52 Å². The topological polar surface area (TPSA) is 43.6 Å². The lowest BCUT2D eigenvalue weighted by atomic mass is 10.1. The number of rotatable bonds is 2. The van der Waals surface area contributed by atoms with Gasteiger partial charge in [0, 0.05) is 11.3 Å². The van der Waals surface area contributed by atoms with Gasteiger partial charge in [0.2, 0.25) is 0 Å². The van der Waals surface area contributed by atoms with Gasteiger partial charge in [-0.25, -0.2) is 4.98 Å². The van der Waals surface area contributed by atoms with E-state index in [1.807, 2.05) is 54.6 Å². The summed E-state index contributed by atoms with van der Waals surface area (Å²) in [6.07, 6.45) is 0. The maximum atomic E-state index is 6.08. The van der Waals surface area contributed by atoms with Crippen molar-refractivity contribution in [1.82, 2.24) is 20.0 Å². The van der Waals surface area contributed by atoms with Crippen molar-refractivity contribution in [2.45, 2.75) is 5.88 Å². The largest absolute Gasteiger partial charge is 0.229 e. The van der Waals surface area contributed by atoms with Crippen LogP contribution in [0.2, 0.25) is 0 Å². The van der Waals surface area contributed by atoms with Crippen LogP contribution in [0.5, 0.6) is 0 Å². The molecule has 0 fully saturated rings. The van der Waals surface area contributed by atoms with Gasteiger partial charge in [0.15, 0.2) is 5.82 Å². The van der Waals surface area contributed by atoms with Crippen LogP contribution in [0.3, 0.4) is 0 Å². The Hall–Kier alpha value is -2.46. The standard InChI is InChI=1S/C16H11ClN4/c17-10-11-9-16(18-13-6-2-1-5-12(11)13)21-15-8-4-3-7-14(15)19-20-21/h1-9H,10H2. The number of nitrogens with zero attached hydrogens (tertiary/aromatic N) is 4. The van der Waals surface area contributed by atoms with E-state index in [-0.39, 0.29) is 0 Å². The third-order valence-corrected chi connectivity index (χ3v) is 3.79. The Morgan fingerprint density at radius 2 is 1.71 bits per heavy atom. The zero-order valence-corrected chi connectivity index (χ0v) is 11.8. The molecule has 0 amide bonds. The molecule has 0 saturated carbocycles. The molecule has 5 heteroatoms. The summed E-state index contributed by atoms with van der Waals surface area (Å²) < 4.78 is 1.75. The molecular formula is C16H11ClN4. The van der Waals surface area contributed by atoms with Gasteiger partial charge in [0.05, 0.1) is 11.0 Å². The number of halogens is 1. The molecule has 4 rings (SSSR count). The summed E-state index contributed by atoms with van der Waals surface area (Å²) in [4.78, 5) is 4.68. The van der Waals surface area contributed by atoms with Crippen LogP contribution in [0.4, 0.5) is 0 Å². The van der Waals surface area contributed by atoms with Gasteiger partial charge in [-0.2, -0.15) is 4.68 Å². The third kappa shape index (κ3) is 1.96. The maximum Gasteiger partial charge on any atom is 0.156 e. The fourth-order valence-electron chi connectivity index (χ4n) is 2.49. The normalized spacial score (nSPS) is 11.3. The average Bonchev–Trinajstić information content (AvgIpc) is 2.98. The molecule has 0 saturated heterocycles. The van der Waals surface area contributed by atoms with Crippen molar-refractivity contribution in [2.75, 3.05) is 0 Å². The second kappa shape index (κ2) is 4.82. The molecule has 0 unspecified atom stereocenters. The number of benzene rings is 2. The molecule has 4 aromatic rings. The molecule has 0 atom stereocenters. The van der Waals surface area contributed by atoms with Crippen molar-refractivity contribution in [3.8, 4) is 5.82 Å². The van der Waals surface area contributed by atoms with E-state index >= 15 is 0 Å². The highest BCUT2D eigenvalue weighted by Crippen LogP contribution is 2.23. The summed E-state index contributed by atoms with van der Waals surface area (Å²) in [6, 6.07) is 17.8. The molecule has 2 heterocycles. The van der Waals surface area contributed by atoms with Crippen LogP contribution in [0.25, 0.3) is 27.8 Å². The Labute approximate surface area is 126 Å². The van der Waals surface area contributed by atoms with Crippen molar-refractivity contribution in [3.05, 3.63) is 60.2 Å². The molecule has 0 bridgehead atoms. The van der Waals surface area contributed by atoms with Crippen molar-refractivity contribution in [3.63, 3.8) is 0 Å². The quantitative estimate of drug-likeness (QED) is 0.529. The molecule has 0 aliphatic rings. The van der Waals surface area contributed by atoms with Gasteiger partial charge >= 0.3 is 0 Å². The van der Waals surface area contributed by atoms with E-state index in [9.17, 15) is 0 Å². The molecule has 102 valence electrons. The Morgan fingerprint density at radius 1 is 0.952 bits per heavy atom. The van der Waals surface area contributed by atoms with Gasteiger partial charge in [-0.15, -0.1) is 16.7 Å². The highest BCUT2D eigenvalue weighted by Gasteiger charge is 2.10. The molecule has 0 radical (unpaired) electrons. The smallest absolute Gasteiger partial charge is 0.156 e. The predicted molar refractivity (Wildman–Crippen MR) is 83.7 cm³/mol. The van der Waals surface area contributed by atoms with Gasteiger partial charge in [-0.1, -0.05) is 35.5 Å². The number of pyridine rings is 1. The van der Waals surface area contributed by atoms with Crippen molar-refractivity contribution < 1.29 is 0 Å². The van der Waals surface area contributed by atoms with Crippen molar-refractivity contribution in [1.29, 1.82) is 0 Å². The van der Waals surface area contributed by atoms with E-state index < -0.39 is 0 Å². The fourth-order valence-corrected chi connectivity index (χ4v) is 2.71. The molecule has 0 spiro atoms. The number of hydrogen-bond acceptors (Lipinski definition) is 3. The zero-order valence-electron chi connectivity index (χ0n) is 11.1. The molecule has 2 aromatic carbocycles. The number of fused-ring (bicyclic) bond motifs is 2. The summed E-state index contributed by atoms with van der Waals surface area (Å²) in [5, 5.41) is 9.45. The molecule has 4 nitrogen and oxygen atoms in total. The van der Waals surface area contributed by atoms with Crippen LogP contribution >= 0.6 is 11.6 Å². The van der Waals surface area contributed by atoms with E-state index in [4.69, 9.17) is 11.6 Å². The Bertz CT molecular complexity index is 945. The minimum absolute atomic E-state index is 0.433. The summed E-state index contributed by atoms with van der Waals surface area (Å²) in [5.74, 6) is 1.17. The lowest BCUT2D eigenvalue weighted by Crippen LogP contribution is -2.01. The van der Waals surface area contributed by atoms with Crippen LogP contribution < -0.4 is 0 Å². The van der Waals surface area contributed by atoms with Gasteiger partial charge in [0.25, 0.3) is 0 Å². The van der Waals surface area contributed by atoms with E-state index in [2.05, 4.69) is 15.3 Å². The first-order valence-electron chi connectivity index (χ1n) is 6.62. The highest BCUT2D eigenvalue weighted by atomic mass is 35.5. The lowest BCUT2D eigenvalue weighted by molar-refractivity contribution is 0.804. The zero-order chi connectivity index (χ0) is 14.2. The van der Waals surface area contributed by atoms with Gasteiger partial charge in [-0.3, -0.25) is 0 Å². The Balaban J connectivity index is 2.02.